The summed E-state index contributed by atoms with van der Waals surface area (Å²) >= 11 is 0. The molecule has 0 unspecified atom stereocenters. The average Bonchev–Trinajstić information content (AvgIpc) is 3.19. The lowest BCUT2D eigenvalue weighted by Crippen LogP contribution is -2.14. The Morgan fingerprint density at radius 3 is 2.70 bits per heavy atom. The van der Waals surface area contributed by atoms with Crippen LogP contribution in [-0.4, -0.2) is 47.5 Å². The fourth-order valence-corrected chi connectivity index (χ4v) is 3.39. The van der Waals surface area contributed by atoms with E-state index in [2.05, 4.69) is 89.7 Å². The highest BCUT2D eigenvalue weighted by Gasteiger charge is 2.13. The number of H-pyrrole nitrogens is 1. The molecule has 0 atom stereocenters. The molecule has 0 spiro atoms. The lowest BCUT2D eigenvalue weighted by atomic mass is 9.96. The number of rotatable bonds is 8. The van der Waals surface area contributed by atoms with Gasteiger partial charge < -0.3 is 15.2 Å². The van der Waals surface area contributed by atoms with Gasteiger partial charge in [-0.2, -0.15) is 0 Å². The first-order valence-corrected chi connectivity index (χ1v) is 9.92. The SMILES string of the molecule is C=C/C(=C\C(=C/C)c1ccc(NC)c(C(=C)c2nc3ccncc3[nH]2)c1)CN(C)C. The van der Waals surface area contributed by atoms with Crippen LogP contribution in [0.2, 0.25) is 0 Å². The third-order valence-electron chi connectivity index (χ3n) is 4.93. The molecule has 154 valence electrons. The van der Waals surface area contributed by atoms with Crippen LogP contribution < -0.4 is 5.32 Å². The second-order valence-corrected chi connectivity index (χ2v) is 7.37. The number of fused-ring (bicyclic) bond motifs is 1. The lowest BCUT2D eigenvalue weighted by molar-refractivity contribution is 0.449. The van der Waals surface area contributed by atoms with Gasteiger partial charge in [-0.1, -0.05) is 37.5 Å². The standard InChI is InChI=1S/C25H29N5/c1-7-18(16-30(5)6)13-19(8-2)20-9-10-22(26-4)21(14-20)17(3)25-28-23-11-12-27-15-24(23)29-25/h7-15,26H,1,3,16H2,2,4-6H3,(H,28,29)/b18-13+,19-8+. The van der Waals surface area contributed by atoms with Gasteiger partial charge in [0.25, 0.3) is 0 Å². The number of pyridine rings is 1. The summed E-state index contributed by atoms with van der Waals surface area (Å²) in [5.74, 6) is 0.739. The fraction of sp³-hybridized carbons (Fsp3) is 0.200. The molecule has 3 rings (SSSR count). The predicted molar refractivity (Wildman–Crippen MR) is 128 cm³/mol. The van der Waals surface area contributed by atoms with E-state index in [-0.39, 0.29) is 0 Å². The number of aromatic nitrogens is 3. The molecule has 0 fully saturated rings. The van der Waals surface area contributed by atoms with Gasteiger partial charge in [0.05, 0.1) is 17.2 Å². The number of aromatic amines is 1. The minimum atomic E-state index is 0.739. The largest absolute Gasteiger partial charge is 0.388 e. The molecule has 0 aliphatic heterocycles. The number of nitrogens with zero attached hydrogens (tertiary/aromatic N) is 3. The highest BCUT2D eigenvalue weighted by Crippen LogP contribution is 2.31. The van der Waals surface area contributed by atoms with Crippen molar-refractivity contribution in [3.63, 3.8) is 0 Å². The minimum absolute atomic E-state index is 0.739. The summed E-state index contributed by atoms with van der Waals surface area (Å²) in [6.07, 6.45) is 9.73. The van der Waals surface area contributed by atoms with Gasteiger partial charge in [-0.15, -0.1) is 0 Å². The molecule has 0 saturated carbocycles. The highest BCUT2D eigenvalue weighted by atomic mass is 15.0. The van der Waals surface area contributed by atoms with Crippen molar-refractivity contribution >= 4 is 27.9 Å². The van der Waals surface area contributed by atoms with Gasteiger partial charge in [0.2, 0.25) is 0 Å². The monoisotopic (exact) mass is 399 g/mol. The van der Waals surface area contributed by atoms with Crippen LogP contribution in [0.15, 0.2) is 73.6 Å². The summed E-state index contributed by atoms with van der Waals surface area (Å²) in [6.45, 7) is 11.2. The molecule has 0 saturated heterocycles. The first-order chi connectivity index (χ1) is 14.5. The van der Waals surface area contributed by atoms with Crippen LogP contribution in [0.5, 0.6) is 0 Å². The van der Waals surface area contributed by atoms with Crippen LogP contribution in [0.25, 0.3) is 22.2 Å². The molecule has 0 aliphatic carbocycles. The first-order valence-electron chi connectivity index (χ1n) is 9.92. The molecule has 2 aromatic heterocycles. The van der Waals surface area contributed by atoms with E-state index >= 15 is 0 Å². The molecule has 1 aromatic carbocycles. The zero-order valence-corrected chi connectivity index (χ0v) is 18.2. The summed E-state index contributed by atoms with van der Waals surface area (Å²) in [7, 11) is 6.02. The smallest absolute Gasteiger partial charge is 0.138 e. The fourth-order valence-electron chi connectivity index (χ4n) is 3.39. The summed E-state index contributed by atoms with van der Waals surface area (Å²) in [5.41, 5.74) is 8.01. The molecular formula is C25H29N5. The number of nitrogens with one attached hydrogen (secondary N) is 2. The zero-order chi connectivity index (χ0) is 21.7. The van der Waals surface area contributed by atoms with E-state index in [1.165, 1.54) is 0 Å². The van der Waals surface area contributed by atoms with E-state index < -0.39 is 0 Å². The Balaban J connectivity index is 2.03. The second kappa shape index (κ2) is 9.37. The van der Waals surface area contributed by atoms with E-state index in [9.17, 15) is 0 Å². The van der Waals surface area contributed by atoms with Crippen LogP contribution in [0.4, 0.5) is 5.69 Å². The summed E-state index contributed by atoms with van der Waals surface area (Å²) in [6, 6.07) is 8.24. The predicted octanol–water partition coefficient (Wildman–Crippen LogP) is 5.14. The third-order valence-corrected chi connectivity index (χ3v) is 4.93. The van der Waals surface area contributed by atoms with Gasteiger partial charge in [-0.05, 0) is 55.9 Å². The molecule has 5 heteroatoms. The molecule has 30 heavy (non-hydrogen) atoms. The van der Waals surface area contributed by atoms with Crippen molar-refractivity contribution in [2.75, 3.05) is 33.0 Å². The van der Waals surface area contributed by atoms with E-state index in [0.717, 1.165) is 56.9 Å². The zero-order valence-electron chi connectivity index (χ0n) is 18.2. The van der Waals surface area contributed by atoms with Crippen molar-refractivity contribution in [1.82, 2.24) is 19.9 Å². The normalized spacial score (nSPS) is 12.4. The molecule has 2 heterocycles. The number of benzene rings is 1. The number of likely N-dealkylation sites (N-methyl/N-ethyl adjacent to an activating group) is 1. The topological polar surface area (TPSA) is 56.8 Å². The van der Waals surface area contributed by atoms with Crippen LogP contribution >= 0.6 is 0 Å². The summed E-state index contributed by atoms with van der Waals surface area (Å²) in [4.78, 5) is 14.3. The van der Waals surface area contributed by atoms with Crippen LogP contribution in [0, 0.1) is 0 Å². The molecule has 2 N–H and O–H groups in total. The quantitative estimate of drug-likeness (QED) is 0.515. The van der Waals surface area contributed by atoms with E-state index in [1.807, 2.05) is 19.2 Å². The maximum Gasteiger partial charge on any atom is 0.138 e. The van der Waals surface area contributed by atoms with E-state index in [0.29, 0.717) is 0 Å². The minimum Gasteiger partial charge on any atom is -0.388 e. The number of imidazole rings is 1. The van der Waals surface area contributed by atoms with Gasteiger partial charge >= 0.3 is 0 Å². The highest BCUT2D eigenvalue weighted by molar-refractivity contribution is 5.88. The first kappa shape index (κ1) is 21.3. The number of anilines is 1. The van der Waals surface area contributed by atoms with Crippen LogP contribution in [0.3, 0.4) is 0 Å². The lowest BCUT2D eigenvalue weighted by Gasteiger charge is -2.15. The van der Waals surface area contributed by atoms with Gasteiger partial charge in [-0.25, -0.2) is 4.98 Å². The average molecular weight is 400 g/mol. The van der Waals surface area contributed by atoms with Crippen LogP contribution in [0.1, 0.15) is 23.9 Å². The van der Waals surface area contributed by atoms with Crippen molar-refractivity contribution in [2.45, 2.75) is 6.92 Å². The Bertz CT molecular complexity index is 1100. The van der Waals surface area contributed by atoms with Gasteiger partial charge in [-0.3, -0.25) is 4.98 Å². The van der Waals surface area contributed by atoms with Crippen molar-refractivity contribution in [1.29, 1.82) is 0 Å². The van der Waals surface area contributed by atoms with Crippen molar-refractivity contribution < 1.29 is 0 Å². The van der Waals surface area contributed by atoms with Gasteiger partial charge in [0.15, 0.2) is 0 Å². The Kier molecular flexibility index (Phi) is 6.65. The number of hydrogen-bond donors (Lipinski definition) is 2. The molecule has 0 bridgehead atoms. The molecular weight excluding hydrogens is 370 g/mol. The Morgan fingerprint density at radius 1 is 1.27 bits per heavy atom. The summed E-state index contributed by atoms with van der Waals surface area (Å²) in [5, 5.41) is 3.27. The summed E-state index contributed by atoms with van der Waals surface area (Å²) < 4.78 is 0. The molecule has 0 radical (unpaired) electrons. The second-order valence-electron chi connectivity index (χ2n) is 7.37. The van der Waals surface area contributed by atoms with Crippen molar-refractivity contribution in [3.05, 3.63) is 90.6 Å². The number of hydrogen-bond acceptors (Lipinski definition) is 4. The van der Waals surface area contributed by atoms with Crippen LogP contribution in [-0.2, 0) is 0 Å². The molecule has 5 nitrogen and oxygen atoms in total. The molecule has 0 amide bonds. The van der Waals surface area contributed by atoms with Gasteiger partial charge in [0.1, 0.15) is 5.82 Å². The third kappa shape index (κ3) is 4.58. The number of allylic oxidation sites excluding steroid dienone is 3. The maximum atomic E-state index is 4.69. The van der Waals surface area contributed by atoms with Crippen molar-refractivity contribution in [3.8, 4) is 0 Å². The van der Waals surface area contributed by atoms with E-state index in [1.54, 1.807) is 12.4 Å². The Hall–Kier alpha value is -3.44. The molecule has 0 aliphatic rings. The van der Waals surface area contributed by atoms with Crippen molar-refractivity contribution in [2.24, 2.45) is 0 Å². The Labute approximate surface area is 178 Å². The maximum absolute atomic E-state index is 4.69. The van der Waals surface area contributed by atoms with Gasteiger partial charge in [0, 0.05) is 36.6 Å². The van der Waals surface area contributed by atoms with E-state index in [4.69, 9.17) is 0 Å². The molecule has 3 aromatic rings. The Morgan fingerprint density at radius 2 is 2.07 bits per heavy atom.